The minimum Gasteiger partial charge on any atom is -0.299 e. The van der Waals surface area contributed by atoms with Crippen molar-refractivity contribution in [2.24, 2.45) is 0 Å². The lowest BCUT2D eigenvalue weighted by molar-refractivity contribution is 0.277. The van der Waals surface area contributed by atoms with Crippen molar-refractivity contribution in [2.75, 3.05) is 13.1 Å². The van der Waals surface area contributed by atoms with Gasteiger partial charge in [-0.15, -0.1) is 0 Å². The van der Waals surface area contributed by atoms with Gasteiger partial charge in [-0.1, -0.05) is 15.9 Å². The highest BCUT2D eigenvalue weighted by Crippen LogP contribution is 2.18. The number of hydrogen-bond donors (Lipinski definition) is 0. The molecule has 0 amide bonds. The average molecular weight is 269 g/mol. The van der Waals surface area contributed by atoms with Crippen molar-refractivity contribution in [1.82, 2.24) is 9.88 Å². The van der Waals surface area contributed by atoms with Gasteiger partial charge in [-0.05, 0) is 50.0 Å². The number of likely N-dealkylation sites (tertiary alicyclic amines) is 1. The summed E-state index contributed by atoms with van der Waals surface area (Å²) in [5, 5.41) is 0. The predicted molar refractivity (Wildman–Crippen MR) is 66.1 cm³/mol. The summed E-state index contributed by atoms with van der Waals surface area (Å²) in [7, 11) is 0. The van der Waals surface area contributed by atoms with Crippen LogP contribution in [0.4, 0.5) is 0 Å². The third-order valence-electron chi connectivity index (χ3n) is 2.91. The second-order valence-electron chi connectivity index (χ2n) is 4.16. The Morgan fingerprint density at radius 3 is 2.87 bits per heavy atom. The van der Waals surface area contributed by atoms with E-state index in [0.717, 1.165) is 11.4 Å². The molecule has 0 bridgehead atoms. The van der Waals surface area contributed by atoms with Crippen LogP contribution < -0.4 is 0 Å². The van der Waals surface area contributed by atoms with Crippen molar-refractivity contribution in [3.05, 3.63) is 30.1 Å². The van der Waals surface area contributed by atoms with Gasteiger partial charge in [0.15, 0.2) is 0 Å². The summed E-state index contributed by atoms with van der Waals surface area (Å²) in [6, 6.07) is 4.22. The van der Waals surface area contributed by atoms with Crippen LogP contribution in [-0.2, 0) is 6.54 Å². The van der Waals surface area contributed by atoms with E-state index >= 15 is 0 Å². The fourth-order valence-electron chi connectivity index (χ4n) is 2.02. The van der Waals surface area contributed by atoms with Crippen molar-refractivity contribution in [3.63, 3.8) is 0 Å². The van der Waals surface area contributed by atoms with Gasteiger partial charge in [0.05, 0.1) is 0 Å². The van der Waals surface area contributed by atoms with Crippen molar-refractivity contribution in [2.45, 2.75) is 30.6 Å². The van der Waals surface area contributed by atoms with Crippen LogP contribution in [0.1, 0.15) is 24.8 Å². The van der Waals surface area contributed by atoms with E-state index in [1.807, 2.05) is 12.4 Å². The SMILES string of the molecule is BrC1CCCN(Cc2ccncc2)CC1. The van der Waals surface area contributed by atoms with E-state index < -0.39 is 0 Å². The number of halogens is 1. The maximum Gasteiger partial charge on any atom is 0.0271 e. The summed E-state index contributed by atoms with van der Waals surface area (Å²) >= 11 is 3.71. The Balaban J connectivity index is 1.89. The number of pyridine rings is 1. The number of alkyl halides is 1. The zero-order chi connectivity index (χ0) is 10.5. The first-order valence-electron chi connectivity index (χ1n) is 5.60. The lowest BCUT2D eigenvalue weighted by Gasteiger charge is -2.19. The van der Waals surface area contributed by atoms with Crippen molar-refractivity contribution in [1.29, 1.82) is 0 Å². The van der Waals surface area contributed by atoms with Crippen molar-refractivity contribution >= 4 is 15.9 Å². The molecule has 1 aromatic heterocycles. The molecule has 2 nitrogen and oxygen atoms in total. The fourth-order valence-corrected chi connectivity index (χ4v) is 2.55. The molecule has 2 rings (SSSR count). The Morgan fingerprint density at radius 1 is 1.27 bits per heavy atom. The second-order valence-corrected chi connectivity index (χ2v) is 5.45. The summed E-state index contributed by atoms with van der Waals surface area (Å²) in [5.74, 6) is 0. The number of aromatic nitrogens is 1. The van der Waals surface area contributed by atoms with E-state index in [1.165, 1.54) is 37.9 Å². The normalized spacial score (nSPS) is 23.7. The molecular weight excluding hydrogens is 252 g/mol. The molecule has 0 spiro atoms. The largest absolute Gasteiger partial charge is 0.299 e. The average Bonchev–Trinajstić information content (AvgIpc) is 2.46. The van der Waals surface area contributed by atoms with Crippen LogP contribution in [-0.4, -0.2) is 27.8 Å². The van der Waals surface area contributed by atoms with Gasteiger partial charge in [0.2, 0.25) is 0 Å². The van der Waals surface area contributed by atoms with Gasteiger partial charge in [0.25, 0.3) is 0 Å². The standard InChI is InChI=1S/C12H17BrN2/c13-12-2-1-8-15(9-5-12)10-11-3-6-14-7-4-11/h3-4,6-7,12H,1-2,5,8-10H2. The lowest BCUT2D eigenvalue weighted by Crippen LogP contribution is -2.24. The van der Waals surface area contributed by atoms with Gasteiger partial charge >= 0.3 is 0 Å². The Hall–Kier alpha value is -0.410. The predicted octanol–water partition coefficient (Wildman–Crippen LogP) is 2.83. The molecule has 1 unspecified atom stereocenters. The number of rotatable bonds is 2. The van der Waals surface area contributed by atoms with E-state index in [4.69, 9.17) is 0 Å². The Labute approximate surface area is 99.8 Å². The topological polar surface area (TPSA) is 16.1 Å². The molecule has 1 fully saturated rings. The quantitative estimate of drug-likeness (QED) is 0.767. The molecule has 15 heavy (non-hydrogen) atoms. The van der Waals surface area contributed by atoms with Crippen LogP contribution in [0.5, 0.6) is 0 Å². The smallest absolute Gasteiger partial charge is 0.0271 e. The van der Waals surface area contributed by atoms with Gasteiger partial charge in [-0.3, -0.25) is 9.88 Å². The third-order valence-corrected chi connectivity index (χ3v) is 3.82. The van der Waals surface area contributed by atoms with Crippen LogP contribution in [0, 0.1) is 0 Å². The van der Waals surface area contributed by atoms with E-state index in [9.17, 15) is 0 Å². The first kappa shape index (κ1) is 11.1. The monoisotopic (exact) mass is 268 g/mol. The summed E-state index contributed by atoms with van der Waals surface area (Å²) in [5.41, 5.74) is 1.37. The van der Waals surface area contributed by atoms with E-state index in [0.29, 0.717) is 0 Å². The highest BCUT2D eigenvalue weighted by atomic mass is 79.9. The summed E-state index contributed by atoms with van der Waals surface area (Å²) in [6.45, 7) is 3.50. The van der Waals surface area contributed by atoms with E-state index in [2.05, 4.69) is 37.9 Å². The van der Waals surface area contributed by atoms with E-state index in [1.54, 1.807) is 0 Å². The highest BCUT2D eigenvalue weighted by molar-refractivity contribution is 9.09. The molecule has 1 aliphatic heterocycles. The first-order chi connectivity index (χ1) is 7.34. The summed E-state index contributed by atoms with van der Waals surface area (Å²) < 4.78 is 0. The van der Waals surface area contributed by atoms with Gasteiger partial charge in [-0.2, -0.15) is 0 Å². The maximum atomic E-state index is 4.04. The Bertz CT molecular complexity index is 289. The van der Waals surface area contributed by atoms with Crippen LogP contribution in [0.15, 0.2) is 24.5 Å². The third kappa shape index (κ3) is 3.58. The minimum absolute atomic E-state index is 0.722. The fraction of sp³-hybridized carbons (Fsp3) is 0.583. The number of hydrogen-bond acceptors (Lipinski definition) is 2. The molecule has 82 valence electrons. The molecule has 3 heteroatoms. The molecule has 2 heterocycles. The van der Waals surface area contributed by atoms with Gasteiger partial charge in [0.1, 0.15) is 0 Å². The molecule has 1 saturated heterocycles. The number of nitrogens with zero attached hydrogens (tertiary/aromatic N) is 2. The molecule has 0 aromatic carbocycles. The molecule has 0 saturated carbocycles. The van der Waals surface area contributed by atoms with E-state index in [-0.39, 0.29) is 0 Å². The molecule has 0 radical (unpaired) electrons. The van der Waals surface area contributed by atoms with Crippen molar-refractivity contribution in [3.8, 4) is 0 Å². The summed E-state index contributed by atoms with van der Waals surface area (Å²) in [6.07, 6.45) is 7.64. The molecule has 1 aliphatic rings. The zero-order valence-electron chi connectivity index (χ0n) is 8.90. The van der Waals surface area contributed by atoms with Crippen LogP contribution in [0.3, 0.4) is 0 Å². The Kier molecular flexibility index (Phi) is 4.15. The van der Waals surface area contributed by atoms with Gasteiger partial charge in [0, 0.05) is 23.8 Å². The molecule has 0 N–H and O–H groups in total. The zero-order valence-corrected chi connectivity index (χ0v) is 10.5. The lowest BCUT2D eigenvalue weighted by atomic mass is 10.2. The minimum atomic E-state index is 0.722. The van der Waals surface area contributed by atoms with Gasteiger partial charge < -0.3 is 0 Å². The van der Waals surface area contributed by atoms with Crippen LogP contribution >= 0.6 is 15.9 Å². The van der Waals surface area contributed by atoms with Crippen molar-refractivity contribution < 1.29 is 0 Å². The maximum absolute atomic E-state index is 4.04. The highest BCUT2D eigenvalue weighted by Gasteiger charge is 2.14. The molecular formula is C12H17BrN2. The second kappa shape index (κ2) is 5.61. The van der Waals surface area contributed by atoms with Crippen LogP contribution in [0.25, 0.3) is 0 Å². The summed E-state index contributed by atoms with van der Waals surface area (Å²) in [4.78, 5) is 7.30. The Morgan fingerprint density at radius 2 is 2.07 bits per heavy atom. The van der Waals surface area contributed by atoms with Crippen LogP contribution in [0.2, 0.25) is 0 Å². The first-order valence-corrected chi connectivity index (χ1v) is 6.51. The molecule has 0 aliphatic carbocycles. The van der Waals surface area contributed by atoms with Gasteiger partial charge in [-0.25, -0.2) is 0 Å². The molecule has 1 aromatic rings. The molecule has 1 atom stereocenters.